The van der Waals surface area contributed by atoms with Crippen LogP contribution in [0.3, 0.4) is 0 Å². The summed E-state index contributed by atoms with van der Waals surface area (Å²) in [7, 11) is 2.58. The van der Waals surface area contributed by atoms with Crippen LogP contribution in [0, 0.1) is 11.3 Å². The summed E-state index contributed by atoms with van der Waals surface area (Å²) in [5, 5.41) is 0. The first kappa shape index (κ1) is 13.7. The lowest BCUT2D eigenvalue weighted by molar-refractivity contribution is -0.165. The van der Waals surface area contributed by atoms with Gasteiger partial charge >= 0.3 is 11.9 Å². The van der Waals surface area contributed by atoms with Crippen LogP contribution in [0.25, 0.3) is 0 Å². The van der Waals surface area contributed by atoms with Gasteiger partial charge in [-0.1, -0.05) is 25.3 Å². The molecule has 0 bridgehead atoms. The minimum atomic E-state index is -0.879. The van der Waals surface area contributed by atoms with Crippen molar-refractivity contribution in [2.75, 3.05) is 14.2 Å². The number of hydrogen-bond donors (Lipinski definition) is 0. The van der Waals surface area contributed by atoms with Crippen molar-refractivity contribution >= 4 is 11.9 Å². The van der Waals surface area contributed by atoms with Gasteiger partial charge in [0.15, 0.2) is 5.92 Å². The molecule has 0 aliphatic heterocycles. The van der Waals surface area contributed by atoms with Crippen LogP contribution >= 0.6 is 0 Å². The van der Waals surface area contributed by atoms with E-state index in [4.69, 9.17) is 9.47 Å². The summed E-state index contributed by atoms with van der Waals surface area (Å²) >= 11 is 0. The average Bonchev–Trinajstić information content (AvgIpc) is 2.39. The highest BCUT2D eigenvalue weighted by molar-refractivity contribution is 5.96. The zero-order chi connectivity index (χ0) is 12.9. The van der Waals surface area contributed by atoms with Crippen LogP contribution in [-0.2, 0) is 19.1 Å². The Morgan fingerprint density at radius 3 is 1.94 bits per heavy atom. The van der Waals surface area contributed by atoms with E-state index in [0.717, 1.165) is 32.1 Å². The zero-order valence-electron chi connectivity index (χ0n) is 10.5. The minimum Gasteiger partial charge on any atom is -0.468 e. The Kier molecular flexibility index (Phi) is 4.73. The smallest absolute Gasteiger partial charge is 0.320 e. The zero-order valence-corrected chi connectivity index (χ0v) is 10.5. The van der Waals surface area contributed by atoms with Gasteiger partial charge in [0.05, 0.1) is 14.2 Å². The standard InChI is InChI=1S/C13H20O4/c1-4-13(8-6-5-7-9-13)10(11(14)16-2)12(15)17-3/h4,10H,1,5-9H2,2-3H3. The normalized spacial score (nSPS) is 18.5. The molecule has 0 atom stereocenters. The quantitative estimate of drug-likeness (QED) is 0.429. The lowest BCUT2D eigenvalue weighted by Crippen LogP contribution is -2.42. The Morgan fingerprint density at radius 2 is 1.59 bits per heavy atom. The number of allylic oxidation sites excluding steroid dienone is 1. The molecule has 96 valence electrons. The molecule has 1 rings (SSSR count). The van der Waals surface area contributed by atoms with Crippen molar-refractivity contribution in [1.29, 1.82) is 0 Å². The van der Waals surface area contributed by atoms with Crippen LogP contribution < -0.4 is 0 Å². The predicted molar refractivity (Wildman–Crippen MR) is 63.2 cm³/mol. The third-order valence-corrected chi connectivity index (χ3v) is 3.64. The van der Waals surface area contributed by atoms with Gasteiger partial charge in [-0.05, 0) is 12.8 Å². The van der Waals surface area contributed by atoms with E-state index >= 15 is 0 Å². The van der Waals surface area contributed by atoms with Gasteiger partial charge < -0.3 is 9.47 Å². The summed E-state index contributed by atoms with van der Waals surface area (Å²) in [6, 6.07) is 0. The SMILES string of the molecule is C=CC1(C(C(=O)OC)C(=O)OC)CCCCC1. The monoisotopic (exact) mass is 240 g/mol. The predicted octanol–water partition coefficient (Wildman–Crippen LogP) is 2.09. The van der Waals surface area contributed by atoms with Crippen LogP contribution in [0.4, 0.5) is 0 Å². The van der Waals surface area contributed by atoms with E-state index in [1.165, 1.54) is 14.2 Å². The van der Waals surface area contributed by atoms with Crippen LogP contribution in [0.1, 0.15) is 32.1 Å². The molecule has 4 nitrogen and oxygen atoms in total. The van der Waals surface area contributed by atoms with Gasteiger partial charge in [-0.25, -0.2) is 0 Å². The molecule has 4 heteroatoms. The molecule has 0 N–H and O–H groups in total. The molecule has 1 aliphatic carbocycles. The second-order valence-corrected chi connectivity index (χ2v) is 4.48. The molecular weight excluding hydrogens is 220 g/mol. The fourth-order valence-electron chi connectivity index (χ4n) is 2.62. The number of methoxy groups -OCH3 is 2. The van der Waals surface area contributed by atoms with Gasteiger partial charge in [0, 0.05) is 5.41 Å². The topological polar surface area (TPSA) is 52.6 Å². The van der Waals surface area contributed by atoms with Crippen molar-refractivity contribution in [2.45, 2.75) is 32.1 Å². The van der Waals surface area contributed by atoms with Crippen molar-refractivity contribution in [1.82, 2.24) is 0 Å². The van der Waals surface area contributed by atoms with Gasteiger partial charge in [0.25, 0.3) is 0 Å². The van der Waals surface area contributed by atoms with E-state index in [2.05, 4.69) is 6.58 Å². The third-order valence-electron chi connectivity index (χ3n) is 3.64. The molecule has 0 spiro atoms. The summed E-state index contributed by atoms with van der Waals surface area (Å²) in [5.74, 6) is -1.94. The van der Waals surface area contributed by atoms with Gasteiger partial charge in [0.1, 0.15) is 0 Å². The van der Waals surface area contributed by atoms with Crippen LogP contribution in [0.2, 0.25) is 0 Å². The molecule has 0 aromatic heterocycles. The number of carbonyl (C=O) groups excluding carboxylic acids is 2. The molecule has 0 unspecified atom stereocenters. The van der Waals surface area contributed by atoms with E-state index in [-0.39, 0.29) is 0 Å². The lowest BCUT2D eigenvalue weighted by atomic mass is 9.66. The van der Waals surface area contributed by atoms with Gasteiger partial charge in [0.2, 0.25) is 0 Å². The highest BCUT2D eigenvalue weighted by atomic mass is 16.5. The average molecular weight is 240 g/mol. The molecule has 17 heavy (non-hydrogen) atoms. The second-order valence-electron chi connectivity index (χ2n) is 4.48. The fraction of sp³-hybridized carbons (Fsp3) is 0.692. The van der Waals surface area contributed by atoms with E-state index in [9.17, 15) is 9.59 Å². The van der Waals surface area contributed by atoms with E-state index in [0.29, 0.717) is 0 Å². The summed E-state index contributed by atoms with van der Waals surface area (Å²) in [6.45, 7) is 3.80. The van der Waals surface area contributed by atoms with E-state index < -0.39 is 23.3 Å². The Morgan fingerprint density at radius 1 is 1.12 bits per heavy atom. The van der Waals surface area contributed by atoms with Crippen molar-refractivity contribution < 1.29 is 19.1 Å². The van der Waals surface area contributed by atoms with Gasteiger partial charge in [-0.2, -0.15) is 0 Å². The maximum Gasteiger partial charge on any atom is 0.320 e. The number of esters is 2. The molecule has 0 amide bonds. The molecule has 0 aromatic carbocycles. The number of carbonyl (C=O) groups is 2. The fourth-order valence-corrected chi connectivity index (χ4v) is 2.62. The van der Waals surface area contributed by atoms with Crippen molar-refractivity contribution in [2.24, 2.45) is 11.3 Å². The van der Waals surface area contributed by atoms with Gasteiger partial charge in [-0.15, -0.1) is 6.58 Å². The maximum absolute atomic E-state index is 11.8. The van der Waals surface area contributed by atoms with Crippen LogP contribution in [0.15, 0.2) is 12.7 Å². The first-order chi connectivity index (χ1) is 8.11. The third kappa shape index (κ3) is 2.68. The van der Waals surface area contributed by atoms with E-state index in [1.807, 2.05) is 0 Å². The number of rotatable bonds is 4. The molecule has 0 saturated heterocycles. The second kappa shape index (κ2) is 5.84. The summed E-state index contributed by atoms with van der Waals surface area (Å²) in [6.07, 6.45) is 6.42. The van der Waals surface area contributed by atoms with Crippen molar-refractivity contribution in [3.63, 3.8) is 0 Å². The molecule has 1 fully saturated rings. The highest BCUT2D eigenvalue weighted by Crippen LogP contribution is 2.44. The van der Waals surface area contributed by atoms with Crippen molar-refractivity contribution in [3.8, 4) is 0 Å². The Balaban J connectivity index is 3.04. The molecule has 1 aliphatic rings. The largest absolute Gasteiger partial charge is 0.468 e. The first-order valence-corrected chi connectivity index (χ1v) is 5.90. The number of ether oxygens (including phenoxy) is 2. The molecular formula is C13H20O4. The minimum absolute atomic E-state index is 0.502. The first-order valence-electron chi connectivity index (χ1n) is 5.90. The Bertz CT molecular complexity index is 287. The molecule has 1 saturated carbocycles. The maximum atomic E-state index is 11.8. The van der Waals surface area contributed by atoms with E-state index in [1.54, 1.807) is 6.08 Å². The molecule has 0 aromatic rings. The highest BCUT2D eigenvalue weighted by Gasteiger charge is 2.47. The lowest BCUT2D eigenvalue weighted by Gasteiger charge is -2.38. The number of hydrogen-bond acceptors (Lipinski definition) is 4. The van der Waals surface area contributed by atoms with Crippen molar-refractivity contribution in [3.05, 3.63) is 12.7 Å². The van der Waals surface area contributed by atoms with Crippen LogP contribution in [0.5, 0.6) is 0 Å². The van der Waals surface area contributed by atoms with Gasteiger partial charge in [-0.3, -0.25) is 9.59 Å². The summed E-state index contributed by atoms with van der Waals surface area (Å²) < 4.78 is 9.46. The summed E-state index contributed by atoms with van der Waals surface area (Å²) in [4.78, 5) is 23.6. The molecule has 0 radical (unpaired) electrons. The van der Waals surface area contributed by atoms with Crippen LogP contribution in [-0.4, -0.2) is 26.2 Å². The summed E-state index contributed by atoms with van der Waals surface area (Å²) in [5.41, 5.74) is -0.502. The Labute approximate surface area is 102 Å². The molecule has 0 heterocycles. The Hall–Kier alpha value is -1.32.